The van der Waals surface area contributed by atoms with Gasteiger partial charge in [-0.25, -0.2) is 4.98 Å². The third kappa shape index (κ3) is 3.21. The van der Waals surface area contributed by atoms with Crippen molar-refractivity contribution in [3.05, 3.63) is 46.3 Å². The smallest absolute Gasteiger partial charge is 0.213 e. The fourth-order valence-electron chi connectivity index (χ4n) is 1.39. The van der Waals surface area contributed by atoms with Crippen molar-refractivity contribution in [2.24, 2.45) is 10.9 Å². The molecule has 0 aliphatic rings. The molecule has 2 heterocycles. The molecular formula is C12H13N3O2S. The molecule has 0 fully saturated rings. The molecule has 0 aliphatic heterocycles. The van der Waals surface area contributed by atoms with Crippen molar-refractivity contribution in [1.82, 2.24) is 4.98 Å². The Morgan fingerprint density at radius 3 is 2.94 bits per heavy atom. The van der Waals surface area contributed by atoms with Crippen LogP contribution >= 0.6 is 11.3 Å². The number of rotatable bonds is 5. The monoisotopic (exact) mass is 263 g/mol. The lowest BCUT2D eigenvalue weighted by Crippen LogP contribution is -2.13. The van der Waals surface area contributed by atoms with E-state index in [9.17, 15) is 0 Å². The van der Waals surface area contributed by atoms with Crippen LogP contribution in [0, 0.1) is 0 Å². The molecule has 0 atom stereocenters. The molecule has 6 heteroatoms. The Balaban J connectivity index is 1.87. The Bertz CT molecular complexity index is 509. The molecule has 0 aromatic carbocycles. The number of oxime groups is 1. The summed E-state index contributed by atoms with van der Waals surface area (Å²) in [5.41, 5.74) is 5.99. The number of hydrogen-bond donors (Lipinski definition) is 2. The number of aromatic nitrogens is 1. The summed E-state index contributed by atoms with van der Waals surface area (Å²) < 4.78 is 5.50. The van der Waals surface area contributed by atoms with E-state index in [1.165, 1.54) is 11.1 Å². The van der Waals surface area contributed by atoms with Gasteiger partial charge >= 0.3 is 0 Å². The average molecular weight is 263 g/mol. The van der Waals surface area contributed by atoms with Crippen molar-refractivity contribution < 1.29 is 9.94 Å². The number of amidine groups is 1. The Morgan fingerprint density at radius 2 is 2.33 bits per heavy atom. The molecule has 0 unspecified atom stereocenters. The van der Waals surface area contributed by atoms with Gasteiger partial charge in [-0.1, -0.05) is 11.2 Å². The number of pyridine rings is 1. The Hall–Kier alpha value is -2.08. The molecule has 2 aromatic heterocycles. The highest BCUT2D eigenvalue weighted by molar-refractivity contribution is 7.09. The van der Waals surface area contributed by atoms with Crippen LogP contribution in [0.3, 0.4) is 0 Å². The maximum atomic E-state index is 8.51. The van der Waals surface area contributed by atoms with Crippen LogP contribution < -0.4 is 10.5 Å². The maximum absolute atomic E-state index is 8.51. The summed E-state index contributed by atoms with van der Waals surface area (Å²) in [4.78, 5) is 5.36. The molecule has 0 amide bonds. The zero-order chi connectivity index (χ0) is 12.8. The first-order valence-electron chi connectivity index (χ1n) is 5.38. The first kappa shape index (κ1) is 12.4. The molecule has 0 spiro atoms. The highest BCUT2D eigenvalue weighted by Gasteiger charge is 2.01. The highest BCUT2D eigenvalue weighted by atomic mass is 32.1. The molecule has 0 saturated carbocycles. The molecule has 2 aromatic rings. The molecule has 5 nitrogen and oxygen atoms in total. The van der Waals surface area contributed by atoms with Crippen LogP contribution in [0.5, 0.6) is 5.88 Å². The van der Waals surface area contributed by atoms with E-state index < -0.39 is 0 Å². The van der Waals surface area contributed by atoms with Gasteiger partial charge in [-0.15, -0.1) is 11.3 Å². The van der Waals surface area contributed by atoms with Crippen LogP contribution in [-0.4, -0.2) is 22.6 Å². The molecule has 0 radical (unpaired) electrons. The van der Waals surface area contributed by atoms with E-state index in [1.807, 2.05) is 11.4 Å². The number of nitrogens with zero attached hydrogens (tertiary/aromatic N) is 2. The average Bonchev–Trinajstić information content (AvgIpc) is 2.92. The van der Waals surface area contributed by atoms with Gasteiger partial charge in [0.2, 0.25) is 5.88 Å². The van der Waals surface area contributed by atoms with Gasteiger partial charge < -0.3 is 15.7 Å². The molecule has 2 rings (SSSR count). The second-order valence-corrected chi connectivity index (χ2v) is 4.58. The molecule has 0 aliphatic carbocycles. The SMILES string of the molecule is N/C(=N/O)c1ccc(OCCc2cccs2)nc1. The number of thiophene rings is 1. The standard InChI is InChI=1S/C12H13N3O2S/c13-12(15-16)9-3-4-11(14-8-9)17-6-5-10-2-1-7-18-10/h1-4,7-8,16H,5-6H2,(H2,13,15). The van der Waals surface area contributed by atoms with Crippen molar-refractivity contribution in [1.29, 1.82) is 0 Å². The summed E-state index contributed by atoms with van der Waals surface area (Å²) in [7, 11) is 0. The van der Waals surface area contributed by atoms with Crippen molar-refractivity contribution in [2.45, 2.75) is 6.42 Å². The van der Waals surface area contributed by atoms with E-state index in [0.29, 0.717) is 18.1 Å². The van der Waals surface area contributed by atoms with Gasteiger partial charge in [-0.2, -0.15) is 0 Å². The van der Waals surface area contributed by atoms with Gasteiger partial charge in [-0.3, -0.25) is 0 Å². The topological polar surface area (TPSA) is 80.7 Å². The van der Waals surface area contributed by atoms with Gasteiger partial charge in [0.15, 0.2) is 5.84 Å². The largest absolute Gasteiger partial charge is 0.477 e. The van der Waals surface area contributed by atoms with Crippen molar-refractivity contribution in [3.63, 3.8) is 0 Å². The minimum absolute atomic E-state index is 0.0348. The highest BCUT2D eigenvalue weighted by Crippen LogP contribution is 2.11. The summed E-state index contributed by atoms with van der Waals surface area (Å²) in [5.74, 6) is 0.564. The van der Waals surface area contributed by atoms with Crippen LogP contribution in [0.25, 0.3) is 0 Å². The number of nitrogens with two attached hydrogens (primary N) is 1. The van der Waals surface area contributed by atoms with Gasteiger partial charge in [0.05, 0.1) is 6.61 Å². The Kier molecular flexibility index (Phi) is 4.14. The zero-order valence-corrected chi connectivity index (χ0v) is 10.4. The van der Waals surface area contributed by atoms with Crippen LogP contribution in [0.2, 0.25) is 0 Å². The van der Waals surface area contributed by atoms with E-state index in [2.05, 4.69) is 16.2 Å². The van der Waals surface area contributed by atoms with Crippen molar-refractivity contribution >= 4 is 17.2 Å². The number of hydrogen-bond acceptors (Lipinski definition) is 5. The molecular weight excluding hydrogens is 250 g/mol. The quantitative estimate of drug-likeness (QED) is 0.373. The third-order valence-electron chi connectivity index (χ3n) is 2.32. The Labute approximate surface area is 109 Å². The zero-order valence-electron chi connectivity index (χ0n) is 9.61. The minimum atomic E-state index is 0.0348. The summed E-state index contributed by atoms with van der Waals surface area (Å²) in [6, 6.07) is 7.48. The maximum Gasteiger partial charge on any atom is 0.213 e. The normalized spacial score (nSPS) is 11.4. The predicted molar refractivity (Wildman–Crippen MR) is 70.3 cm³/mol. The van der Waals surface area contributed by atoms with Crippen LogP contribution in [0.15, 0.2) is 41.0 Å². The van der Waals surface area contributed by atoms with E-state index >= 15 is 0 Å². The van der Waals surface area contributed by atoms with E-state index in [1.54, 1.807) is 23.5 Å². The summed E-state index contributed by atoms with van der Waals surface area (Å²) in [5, 5.41) is 13.5. The first-order chi connectivity index (χ1) is 8.79. The fraction of sp³-hybridized carbons (Fsp3) is 0.167. The van der Waals surface area contributed by atoms with Crippen LogP contribution in [-0.2, 0) is 6.42 Å². The lowest BCUT2D eigenvalue weighted by Gasteiger charge is -2.04. The molecule has 94 valence electrons. The van der Waals surface area contributed by atoms with Crippen molar-refractivity contribution in [3.8, 4) is 5.88 Å². The minimum Gasteiger partial charge on any atom is -0.477 e. The van der Waals surface area contributed by atoms with E-state index in [-0.39, 0.29) is 5.84 Å². The summed E-state index contributed by atoms with van der Waals surface area (Å²) in [6.07, 6.45) is 2.37. The molecule has 18 heavy (non-hydrogen) atoms. The second kappa shape index (κ2) is 6.02. The van der Waals surface area contributed by atoms with Crippen LogP contribution in [0.4, 0.5) is 0 Å². The van der Waals surface area contributed by atoms with Crippen molar-refractivity contribution in [2.75, 3.05) is 6.61 Å². The van der Waals surface area contributed by atoms with E-state index in [0.717, 1.165) is 6.42 Å². The fourth-order valence-corrected chi connectivity index (χ4v) is 2.08. The molecule has 0 bridgehead atoms. The second-order valence-electron chi connectivity index (χ2n) is 3.55. The van der Waals surface area contributed by atoms with Gasteiger partial charge in [0.25, 0.3) is 0 Å². The number of ether oxygens (including phenoxy) is 1. The van der Waals surface area contributed by atoms with Crippen LogP contribution in [0.1, 0.15) is 10.4 Å². The lowest BCUT2D eigenvalue weighted by atomic mass is 10.3. The molecule has 3 N–H and O–H groups in total. The van der Waals surface area contributed by atoms with E-state index in [4.69, 9.17) is 15.7 Å². The van der Waals surface area contributed by atoms with Gasteiger partial charge in [-0.05, 0) is 17.5 Å². The van der Waals surface area contributed by atoms with Gasteiger partial charge in [0.1, 0.15) is 0 Å². The third-order valence-corrected chi connectivity index (χ3v) is 3.25. The summed E-state index contributed by atoms with van der Waals surface area (Å²) in [6.45, 7) is 0.580. The van der Waals surface area contributed by atoms with Gasteiger partial charge in [0, 0.05) is 29.1 Å². The molecule has 0 saturated heterocycles. The lowest BCUT2D eigenvalue weighted by molar-refractivity contribution is 0.310. The predicted octanol–water partition coefficient (Wildman–Crippen LogP) is 1.86. The Morgan fingerprint density at radius 1 is 1.44 bits per heavy atom. The summed E-state index contributed by atoms with van der Waals surface area (Å²) >= 11 is 1.71. The first-order valence-corrected chi connectivity index (χ1v) is 6.26.